The minimum atomic E-state index is 0. The third-order valence-corrected chi connectivity index (χ3v) is 5.58. The van der Waals surface area contributed by atoms with Gasteiger partial charge in [-0.2, -0.15) is 0 Å². The van der Waals surface area contributed by atoms with Gasteiger partial charge in [0.2, 0.25) is 5.91 Å². The fraction of sp³-hybridized carbons (Fsp3) is 0.750. The summed E-state index contributed by atoms with van der Waals surface area (Å²) in [5.41, 5.74) is 0. The molecule has 2 aliphatic rings. The Balaban J connectivity index is 0.00000208. The number of aromatic nitrogens is 2. The third-order valence-electron chi connectivity index (χ3n) is 4.52. The van der Waals surface area contributed by atoms with E-state index in [-0.39, 0.29) is 24.4 Å². The first-order valence-corrected chi connectivity index (χ1v) is 9.58. The fourth-order valence-corrected chi connectivity index (χ4v) is 4.22. The van der Waals surface area contributed by atoms with Gasteiger partial charge in [0.25, 0.3) is 0 Å². The summed E-state index contributed by atoms with van der Waals surface area (Å²) in [4.78, 5) is 19.1. The van der Waals surface area contributed by atoms with Crippen LogP contribution in [0, 0.1) is 0 Å². The lowest BCUT2D eigenvalue weighted by Gasteiger charge is -2.35. The molecule has 0 saturated carbocycles. The Morgan fingerprint density at radius 2 is 2.38 bits per heavy atom. The number of ether oxygens (including phenoxy) is 1. The number of hydrogen-bond acceptors (Lipinski definition) is 5. The van der Waals surface area contributed by atoms with Crippen molar-refractivity contribution in [1.29, 1.82) is 0 Å². The van der Waals surface area contributed by atoms with Crippen LogP contribution in [-0.2, 0) is 16.6 Å². The van der Waals surface area contributed by atoms with Crippen LogP contribution in [0.5, 0.6) is 0 Å². The number of piperazine rings is 1. The van der Waals surface area contributed by atoms with Gasteiger partial charge in [0.05, 0.1) is 11.9 Å². The first-order valence-electron chi connectivity index (χ1n) is 8.42. The smallest absolute Gasteiger partial charge is 0.233 e. The lowest BCUT2D eigenvalue weighted by atomic mass is 10.1. The van der Waals surface area contributed by atoms with E-state index >= 15 is 0 Å². The molecule has 1 N–H and O–H groups in total. The molecule has 0 aliphatic carbocycles. The molecular formula is C16H27ClN4O2S. The molecule has 3 heterocycles. The van der Waals surface area contributed by atoms with Gasteiger partial charge >= 0.3 is 0 Å². The zero-order chi connectivity index (χ0) is 16.1. The van der Waals surface area contributed by atoms with Crippen LogP contribution in [0.3, 0.4) is 0 Å². The second-order valence-electron chi connectivity index (χ2n) is 6.21. The van der Waals surface area contributed by atoms with Gasteiger partial charge < -0.3 is 19.5 Å². The molecule has 24 heavy (non-hydrogen) atoms. The maximum absolute atomic E-state index is 12.7. The Morgan fingerprint density at radius 3 is 3.08 bits per heavy atom. The van der Waals surface area contributed by atoms with Crippen molar-refractivity contribution in [2.75, 3.05) is 37.7 Å². The van der Waals surface area contributed by atoms with Crippen LogP contribution in [0.2, 0.25) is 0 Å². The van der Waals surface area contributed by atoms with Gasteiger partial charge in [0.15, 0.2) is 0 Å². The minimum absolute atomic E-state index is 0. The molecule has 2 saturated heterocycles. The number of hydrogen-bond donors (Lipinski definition) is 1. The molecule has 1 aromatic heterocycles. The number of nitrogens with zero attached hydrogens (tertiary/aromatic N) is 3. The molecule has 8 heteroatoms. The molecule has 0 radical (unpaired) electrons. The molecule has 2 unspecified atom stereocenters. The number of nitrogens with one attached hydrogen (secondary N) is 1. The molecular weight excluding hydrogens is 348 g/mol. The molecule has 1 aromatic rings. The van der Waals surface area contributed by atoms with E-state index < -0.39 is 0 Å². The standard InChI is InChI=1S/C16H26N4O2S.ClH/c1-19-7-6-18-16(19)14-10-17-5-8-20(14)15(21)12-23-11-13-4-2-3-9-22-13;/h6-7,13-14,17H,2-5,8-12H2,1H3;1H. The summed E-state index contributed by atoms with van der Waals surface area (Å²) >= 11 is 1.70. The van der Waals surface area contributed by atoms with E-state index in [0.29, 0.717) is 11.9 Å². The Kier molecular flexibility index (Phi) is 7.87. The van der Waals surface area contributed by atoms with Gasteiger partial charge in [-0.15, -0.1) is 24.2 Å². The normalized spacial score (nSPS) is 24.5. The van der Waals surface area contributed by atoms with Gasteiger partial charge in [-0.1, -0.05) is 0 Å². The van der Waals surface area contributed by atoms with Crippen molar-refractivity contribution in [2.24, 2.45) is 7.05 Å². The van der Waals surface area contributed by atoms with E-state index in [1.54, 1.807) is 18.0 Å². The Bertz CT molecular complexity index is 522. The number of thioether (sulfide) groups is 1. The van der Waals surface area contributed by atoms with Crippen LogP contribution in [0.1, 0.15) is 31.1 Å². The largest absolute Gasteiger partial charge is 0.377 e. The lowest BCUT2D eigenvalue weighted by molar-refractivity contribution is -0.131. The van der Waals surface area contributed by atoms with Crippen LogP contribution < -0.4 is 5.32 Å². The van der Waals surface area contributed by atoms with Crippen LogP contribution >= 0.6 is 24.2 Å². The summed E-state index contributed by atoms with van der Waals surface area (Å²) in [6.45, 7) is 3.24. The number of rotatable bonds is 5. The number of carbonyl (C=O) groups is 1. The average Bonchev–Trinajstić information content (AvgIpc) is 3.01. The summed E-state index contributed by atoms with van der Waals surface area (Å²) < 4.78 is 7.73. The second kappa shape index (κ2) is 9.65. The highest BCUT2D eigenvalue weighted by atomic mass is 35.5. The highest BCUT2D eigenvalue weighted by molar-refractivity contribution is 7.99. The van der Waals surface area contributed by atoms with Crippen LogP contribution in [0.4, 0.5) is 0 Å². The molecule has 136 valence electrons. The number of halogens is 1. The van der Waals surface area contributed by atoms with Crippen molar-refractivity contribution < 1.29 is 9.53 Å². The van der Waals surface area contributed by atoms with Crippen molar-refractivity contribution in [2.45, 2.75) is 31.4 Å². The second-order valence-corrected chi connectivity index (χ2v) is 7.24. The van der Waals surface area contributed by atoms with E-state index in [9.17, 15) is 4.79 Å². The van der Waals surface area contributed by atoms with Crippen LogP contribution in [0.25, 0.3) is 0 Å². The van der Waals surface area contributed by atoms with Gasteiger partial charge in [0.1, 0.15) is 11.9 Å². The SMILES string of the molecule is Cl.Cn1ccnc1C1CNCCN1C(=O)CSCC1CCCCO1. The molecule has 0 spiro atoms. The highest BCUT2D eigenvalue weighted by Crippen LogP contribution is 2.22. The maximum atomic E-state index is 12.7. The van der Waals surface area contributed by atoms with Crippen LogP contribution in [0.15, 0.2) is 12.4 Å². The minimum Gasteiger partial charge on any atom is -0.377 e. The zero-order valence-corrected chi connectivity index (χ0v) is 15.8. The van der Waals surface area contributed by atoms with Gasteiger partial charge in [-0.05, 0) is 19.3 Å². The van der Waals surface area contributed by atoms with Gasteiger partial charge in [0, 0.05) is 51.4 Å². The Labute approximate surface area is 154 Å². The Hall–Kier alpha value is -0.760. The van der Waals surface area contributed by atoms with Crippen LogP contribution in [-0.4, -0.2) is 64.2 Å². The highest BCUT2D eigenvalue weighted by Gasteiger charge is 2.30. The van der Waals surface area contributed by atoms with E-state index in [2.05, 4.69) is 10.3 Å². The number of imidazole rings is 1. The molecule has 3 rings (SSSR count). The third kappa shape index (κ3) is 4.88. The predicted octanol–water partition coefficient (Wildman–Crippen LogP) is 1.62. The summed E-state index contributed by atoms with van der Waals surface area (Å²) in [6.07, 6.45) is 7.61. The summed E-state index contributed by atoms with van der Waals surface area (Å²) in [5, 5.41) is 3.37. The number of amides is 1. The molecule has 6 nitrogen and oxygen atoms in total. The summed E-state index contributed by atoms with van der Waals surface area (Å²) in [6, 6.07) is 0.0304. The molecule has 2 atom stereocenters. The number of aryl methyl sites for hydroxylation is 1. The van der Waals surface area contributed by atoms with Gasteiger partial charge in [-0.3, -0.25) is 4.79 Å². The maximum Gasteiger partial charge on any atom is 0.233 e. The van der Waals surface area contributed by atoms with Gasteiger partial charge in [-0.25, -0.2) is 4.98 Å². The van der Waals surface area contributed by atoms with Crippen molar-refractivity contribution in [1.82, 2.24) is 19.8 Å². The average molecular weight is 375 g/mol. The quantitative estimate of drug-likeness (QED) is 0.848. The first-order chi connectivity index (χ1) is 11.3. The molecule has 2 aliphatic heterocycles. The zero-order valence-electron chi connectivity index (χ0n) is 14.1. The fourth-order valence-electron chi connectivity index (χ4n) is 3.23. The molecule has 0 bridgehead atoms. The predicted molar refractivity (Wildman–Crippen MR) is 98.7 cm³/mol. The first kappa shape index (κ1) is 19.6. The summed E-state index contributed by atoms with van der Waals surface area (Å²) in [5.74, 6) is 2.61. The Morgan fingerprint density at radius 1 is 1.50 bits per heavy atom. The van der Waals surface area contributed by atoms with Crippen molar-refractivity contribution in [3.63, 3.8) is 0 Å². The van der Waals surface area contributed by atoms with Crippen molar-refractivity contribution in [3.05, 3.63) is 18.2 Å². The van der Waals surface area contributed by atoms with Crippen molar-refractivity contribution in [3.8, 4) is 0 Å². The van der Waals surface area contributed by atoms with E-state index in [0.717, 1.165) is 44.2 Å². The monoisotopic (exact) mass is 374 g/mol. The molecule has 1 amide bonds. The van der Waals surface area contributed by atoms with E-state index in [1.807, 2.05) is 22.7 Å². The molecule has 2 fully saturated rings. The summed E-state index contributed by atoms with van der Waals surface area (Å²) in [7, 11) is 1.98. The molecule has 0 aromatic carbocycles. The van der Waals surface area contributed by atoms with Crippen molar-refractivity contribution >= 4 is 30.1 Å². The van der Waals surface area contributed by atoms with E-state index in [4.69, 9.17) is 4.74 Å². The topological polar surface area (TPSA) is 59.4 Å². The number of carbonyl (C=O) groups excluding carboxylic acids is 1. The lowest BCUT2D eigenvalue weighted by Crippen LogP contribution is -2.50. The van der Waals surface area contributed by atoms with E-state index in [1.165, 1.54) is 12.8 Å².